The van der Waals surface area contributed by atoms with Gasteiger partial charge >= 0.3 is 0 Å². The molecule has 1 nitrogen and oxygen atoms in total. The van der Waals surface area contributed by atoms with E-state index in [0.29, 0.717) is 11.3 Å². The SMILES string of the molecule is C#Cc1ccc(OCC(F)F)c(C)c1. The summed E-state index contributed by atoms with van der Waals surface area (Å²) in [5.41, 5.74) is 1.48. The van der Waals surface area contributed by atoms with Crippen molar-refractivity contribution >= 4 is 0 Å². The third-order valence-electron chi connectivity index (χ3n) is 1.71. The van der Waals surface area contributed by atoms with E-state index in [4.69, 9.17) is 11.2 Å². The van der Waals surface area contributed by atoms with Gasteiger partial charge in [-0.3, -0.25) is 0 Å². The van der Waals surface area contributed by atoms with Gasteiger partial charge in [-0.2, -0.15) is 0 Å². The maximum atomic E-state index is 11.8. The Morgan fingerprint density at radius 1 is 1.50 bits per heavy atom. The first kappa shape index (κ1) is 10.5. The average Bonchev–Trinajstić information content (AvgIpc) is 2.15. The van der Waals surface area contributed by atoms with Crippen LogP contribution in [-0.4, -0.2) is 13.0 Å². The van der Waals surface area contributed by atoms with Gasteiger partial charge in [-0.15, -0.1) is 6.42 Å². The van der Waals surface area contributed by atoms with E-state index in [1.165, 1.54) is 0 Å². The molecule has 0 atom stereocenters. The molecule has 0 spiro atoms. The zero-order valence-corrected chi connectivity index (χ0v) is 7.76. The van der Waals surface area contributed by atoms with Gasteiger partial charge in [0.25, 0.3) is 6.43 Å². The van der Waals surface area contributed by atoms with Crippen LogP contribution in [0.4, 0.5) is 8.78 Å². The Kier molecular flexibility index (Phi) is 3.47. The summed E-state index contributed by atoms with van der Waals surface area (Å²) in [7, 11) is 0. The van der Waals surface area contributed by atoms with Crippen molar-refractivity contribution in [2.45, 2.75) is 13.3 Å². The Morgan fingerprint density at radius 2 is 2.21 bits per heavy atom. The summed E-state index contributed by atoms with van der Waals surface area (Å²) in [6, 6.07) is 4.99. The molecule has 1 aromatic carbocycles. The van der Waals surface area contributed by atoms with Crippen molar-refractivity contribution in [3.63, 3.8) is 0 Å². The predicted octanol–water partition coefficient (Wildman–Crippen LogP) is 2.62. The smallest absolute Gasteiger partial charge is 0.272 e. The van der Waals surface area contributed by atoms with Crippen LogP contribution >= 0.6 is 0 Å². The number of rotatable bonds is 3. The third kappa shape index (κ3) is 2.74. The number of hydrogen-bond donors (Lipinski definition) is 0. The zero-order valence-electron chi connectivity index (χ0n) is 7.76. The number of ether oxygens (including phenoxy) is 1. The lowest BCUT2D eigenvalue weighted by Gasteiger charge is -2.08. The van der Waals surface area contributed by atoms with Crippen molar-refractivity contribution in [2.75, 3.05) is 6.61 Å². The van der Waals surface area contributed by atoms with E-state index in [2.05, 4.69) is 5.92 Å². The molecule has 0 N–H and O–H groups in total. The van der Waals surface area contributed by atoms with Crippen LogP contribution in [0.15, 0.2) is 18.2 Å². The van der Waals surface area contributed by atoms with Crippen LogP contribution in [0.1, 0.15) is 11.1 Å². The van der Waals surface area contributed by atoms with E-state index < -0.39 is 13.0 Å². The van der Waals surface area contributed by atoms with Gasteiger partial charge in [0.05, 0.1) is 0 Å². The van der Waals surface area contributed by atoms with Crippen molar-refractivity contribution in [1.29, 1.82) is 0 Å². The monoisotopic (exact) mass is 196 g/mol. The van der Waals surface area contributed by atoms with E-state index >= 15 is 0 Å². The highest BCUT2D eigenvalue weighted by Crippen LogP contribution is 2.19. The highest BCUT2D eigenvalue weighted by molar-refractivity contribution is 5.42. The second kappa shape index (κ2) is 4.61. The number of benzene rings is 1. The second-order valence-corrected chi connectivity index (χ2v) is 2.83. The van der Waals surface area contributed by atoms with Gasteiger partial charge in [0.1, 0.15) is 12.4 Å². The second-order valence-electron chi connectivity index (χ2n) is 2.83. The minimum Gasteiger partial charge on any atom is -0.487 e. The van der Waals surface area contributed by atoms with Gasteiger partial charge in [0, 0.05) is 5.56 Å². The number of halogens is 2. The molecule has 0 saturated heterocycles. The summed E-state index contributed by atoms with van der Waals surface area (Å²) in [6.07, 6.45) is 2.72. The van der Waals surface area contributed by atoms with E-state index in [9.17, 15) is 8.78 Å². The van der Waals surface area contributed by atoms with Gasteiger partial charge in [-0.25, -0.2) is 8.78 Å². The van der Waals surface area contributed by atoms with Crippen molar-refractivity contribution < 1.29 is 13.5 Å². The first-order valence-electron chi connectivity index (χ1n) is 4.11. The lowest BCUT2D eigenvalue weighted by atomic mass is 10.1. The maximum Gasteiger partial charge on any atom is 0.272 e. The Balaban J connectivity index is 2.75. The number of hydrogen-bond acceptors (Lipinski definition) is 1. The molecular weight excluding hydrogens is 186 g/mol. The summed E-state index contributed by atoms with van der Waals surface area (Å²) < 4.78 is 28.6. The van der Waals surface area contributed by atoms with Crippen molar-refractivity contribution in [1.82, 2.24) is 0 Å². The van der Waals surface area contributed by atoms with Crippen molar-refractivity contribution in [3.8, 4) is 18.1 Å². The molecule has 0 saturated carbocycles. The Labute approximate surface area is 81.7 Å². The quantitative estimate of drug-likeness (QED) is 0.675. The van der Waals surface area contributed by atoms with Gasteiger partial charge in [-0.05, 0) is 30.7 Å². The van der Waals surface area contributed by atoms with Crippen LogP contribution in [0.3, 0.4) is 0 Å². The van der Waals surface area contributed by atoms with Crippen LogP contribution in [0.5, 0.6) is 5.75 Å². The standard InChI is InChI=1S/C11H10F2O/c1-3-9-4-5-10(8(2)6-9)14-7-11(12)13/h1,4-6,11H,7H2,2H3. The maximum absolute atomic E-state index is 11.8. The van der Waals surface area contributed by atoms with Crippen molar-refractivity contribution in [3.05, 3.63) is 29.3 Å². The third-order valence-corrected chi connectivity index (χ3v) is 1.71. The minimum absolute atomic E-state index is 0.448. The van der Waals surface area contributed by atoms with Gasteiger partial charge in [0.2, 0.25) is 0 Å². The molecule has 3 heteroatoms. The van der Waals surface area contributed by atoms with Crippen molar-refractivity contribution in [2.24, 2.45) is 0 Å². The fourth-order valence-electron chi connectivity index (χ4n) is 1.05. The minimum atomic E-state index is -2.46. The lowest BCUT2D eigenvalue weighted by Crippen LogP contribution is -2.07. The Hall–Kier alpha value is -1.56. The van der Waals surface area contributed by atoms with Gasteiger partial charge in [0.15, 0.2) is 0 Å². The largest absolute Gasteiger partial charge is 0.487 e. The summed E-state index contributed by atoms with van der Waals surface area (Å²) >= 11 is 0. The molecule has 0 aliphatic rings. The van der Waals surface area contributed by atoms with Crippen LogP contribution in [0.2, 0.25) is 0 Å². The summed E-state index contributed by atoms with van der Waals surface area (Å²) in [5.74, 6) is 2.90. The highest BCUT2D eigenvalue weighted by Gasteiger charge is 2.05. The molecule has 0 bridgehead atoms. The fraction of sp³-hybridized carbons (Fsp3) is 0.273. The van der Waals surface area contributed by atoms with Crippen LogP contribution in [0.25, 0.3) is 0 Å². The molecule has 0 unspecified atom stereocenters. The molecule has 1 aromatic rings. The number of alkyl halides is 2. The normalized spacial score (nSPS) is 9.93. The molecule has 0 aliphatic carbocycles. The van der Waals surface area contributed by atoms with Crippen LogP contribution in [-0.2, 0) is 0 Å². The summed E-state index contributed by atoms with van der Waals surface area (Å²) in [4.78, 5) is 0. The molecule has 0 aliphatic heterocycles. The first-order chi connectivity index (χ1) is 6.63. The molecule has 0 radical (unpaired) electrons. The van der Waals surface area contributed by atoms with Crippen LogP contribution in [0, 0.1) is 19.3 Å². The van der Waals surface area contributed by atoms with E-state index in [1.807, 2.05) is 0 Å². The summed E-state index contributed by atoms with van der Waals surface area (Å²) in [5, 5.41) is 0. The number of terminal acetylenes is 1. The van der Waals surface area contributed by atoms with Crippen LogP contribution < -0.4 is 4.74 Å². The van der Waals surface area contributed by atoms with Gasteiger partial charge in [-0.1, -0.05) is 5.92 Å². The zero-order chi connectivity index (χ0) is 10.6. The van der Waals surface area contributed by atoms with E-state index in [-0.39, 0.29) is 0 Å². The summed E-state index contributed by atoms with van der Waals surface area (Å²) in [6.45, 7) is 1.18. The predicted molar refractivity (Wildman–Crippen MR) is 50.6 cm³/mol. The lowest BCUT2D eigenvalue weighted by molar-refractivity contribution is 0.0816. The molecule has 0 fully saturated rings. The molecular formula is C11H10F2O. The Bertz CT molecular complexity index is 353. The van der Waals surface area contributed by atoms with E-state index in [0.717, 1.165) is 5.56 Å². The first-order valence-corrected chi connectivity index (χ1v) is 4.11. The molecule has 1 rings (SSSR count). The molecule has 0 aromatic heterocycles. The molecule has 74 valence electrons. The molecule has 14 heavy (non-hydrogen) atoms. The topological polar surface area (TPSA) is 9.23 Å². The Morgan fingerprint density at radius 3 is 2.71 bits per heavy atom. The molecule has 0 amide bonds. The number of aryl methyl sites for hydroxylation is 1. The van der Waals surface area contributed by atoms with E-state index in [1.54, 1.807) is 25.1 Å². The van der Waals surface area contributed by atoms with Gasteiger partial charge < -0.3 is 4.74 Å². The fourth-order valence-corrected chi connectivity index (χ4v) is 1.05. The molecule has 0 heterocycles. The highest BCUT2D eigenvalue weighted by atomic mass is 19.3. The average molecular weight is 196 g/mol.